The van der Waals surface area contributed by atoms with Crippen molar-refractivity contribution in [2.24, 2.45) is 0 Å². The minimum absolute atomic E-state index is 0.169. The Morgan fingerprint density at radius 3 is 2.64 bits per heavy atom. The van der Waals surface area contributed by atoms with Crippen LogP contribution in [0.15, 0.2) is 12.0 Å². The van der Waals surface area contributed by atoms with Crippen LogP contribution in [-0.4, -0.2) is 18.8 Å². The Morgan fingerprint density at radius 2 is 2.36 bits per heavy atom. The first-order valence-corrected chi connectivity index (χ1v) is 4.40. The van der Waals surface area contributed by atoms with Crippen LogP contribution >= 0.6 is 7.75 Å². The second-order valence-corrected chi connectivity index (χ2v) is 4.27. The van der Waals surface area contributed by atoms with Gasteiger partial charge in [-0.05, 0) is 20.0 Å². The van der Waals surface area contributed by atoms with E-state index in [1.54, 1.807) is 14.1 Å². The van der Waals surface area contributed by atoms with E-state index in [0.717, 1.165) is 0 Å². The molecule has 0 saturated carbocycles. The zero-order valence-corrected chi connectivity index (χ0v) is 7.17. The molecule has 0 radical (unpaired) electrons. The van der Waals surface area contributed by atoms with Gasteiger partial charge in [-0.15, -0.1) is 6.42 Å². The Bertz CT molecular complexity index is 276. The standard InChI is InChI=1S/C6H8NO3P/c1-4-6-5-9-11(8,10-6)7(2)3/h1,5H,2-3H3. The summed E-state index contributed by atoms with van der Waals surface area (Å²) in [4.78, 5) is 0. The van der Waals surface area contributed by atoms with E-state index in [0.29, 0.717) is 0 Å². The van der Waals surface area contributed by atoms with Crippen LogP contribution in [0.3, 0.4) is 0 Å². The van der Waals surface area contributed by atoms with E-state index in [1.165, 1.54) is 10.9 Å². The minimum atomic E-state index is -3.12. The van der Waals surface area contributed by atoms with Crippen molar-refractivity contribution in [2.45, 2.75) is 0 Å². The first kappa shape index (κ1) is 8.19. The van der Waals surface area contributed by atoms with Crippen LogP contribution in [0.4, 0.5) is 0 Å². The summed E-state index contributed by atoms with van der Waals surface area (Å²) in [6, 6.07) is 0. The average Bonchev–Trinajstić information content (AvgIpc) is 2.33. The topological polar surface area (TPSA) is 38.8 Å². The van der Waals surface area contributed by atoms with Gasteiger partial charge in [0.1, 0.15) is 6.26 Å². The maximum atomic E-state index is 11.4. The highest BCUT2D eigenvalue weighted by molar-refractivity contribution is 7.51. The van der Waals surface area contributed by atoms with Gasteiger partial charge >= 0.3 is 7.75 Å². The maximum Gasteiger partial charge on any atom is 0.515 e. The van der Waals surface area contributed by atoms with Gasteiger partial charge in [-0.25, -0.2) is 4.57 Å². The van der Waals surface area contributed by atoms with Crippen molar-refractivity contribution in [1.29, 1.82) is 0 Å². The number of hydrogen-bond donors (Lipinski definition) is 0. The lowest BCUT2D eigenvalue weighted by Crippen LogP contribution is -2.08. The van der Waals surface area contributed by atoms with Crippen molar-refractivity contribution >= 4 is 7.75 Å². The fourth-order valence-electron chi connectivity index (χ4n) is 0.518. The van der Waals surface area contributed by atoms with E-state index in [-0.39, 0.29) is 5.76 Å². The predicted molar refractivity (Wildman–Crippen MR) is 40.4 cm³/mol. The van der Waals surface area contributed by atoms with Gasteiger partial charge in [-0.3, -0.25) is 0 Å². The highest BCUT2D eigenvalue weighted by Gasteiger charge is 2.35. The fourth-order valence-corrected chi connectivity index (χ4v) is 1.49. The molecule has 1 aliphatic heterocycles. The van der Waals surface area contributed by atoms with Gasteiger partial charge < -0.3 is 9.05 Å². The number of nitrogens with zero attached hydrogens (tertiary/aromatic N) is 1. The third kappa shape index (κ3) is 1.40. The third-order valence-electron chi connectivity index (χ3n) is 1.14. The first-order chi connectivity index (χ1) is 5.08. The van der Waals surface area contributed by atoms with E-state index in [1.807, 2.05) is 0 Å². The molecule has 0 bridgehead atoms. The molecule has 0 saturated heterocycles. The molecule has 60 valence electrons. The molecule has 0 amide bonds. The SMILES string of the molecule is C#CC1=COP(=O)(N(C)C)O1. The summed E-state index contributed by atoms with van der Waals surface area (Å²) < 4.78 is 22.4. The van der Waals surface area contributed by atoms with Crippen LogP contribution in [0, 0.1) is 12.3 Å². The molecule has 1 atom stereocenters. The maximum absolute atomic E-state index is 11.4. The van der Waals surface area contributed by atoms with Crippen molar-refractivity contribution in [3.63, 3.8) is 0 Å². The van der Waals surface area contributed by atoms with Crippen LogP contribution < -0.4 is 0 Å². The predicted octanol–water partition coefficient (Wildman–Crippen LogP) is 1.18. The summed E-state index contributed by atoms with van der Waals surface area (Å²) >= 11 is 0. The van der Waals surface area contributed by atoms with Gasteiger partial charge in [0.15, 0.2) is 0 Å². The molecule has 0 fully saturated rings. The Hall–Kier alpha value is -0.910. The van der Waals surface area contributed by atoms with Crippen molar-refractivity contribution in [3.05, 3.63) is 12.0 Å². The van der Waals surface area contributed by atoms with Crippen LogP contribution in [0.25, 0.3) is 0 Å². The van der Waals surface area contributed by atoms with Gasteiger partial charge in [0.2, 0.25) is 5.76 Å². The molecule has 5 heteroatoms. The molecule has 0 aliphatic carbocycles. The second kappa shape index (κ2) is 2.61. The van der Waals surface area contributed by atoms with E-state index in [2.05, 4.69) is 5.92 Å². The quantitative estimate of drug-likeness (QED) is 0.440. The lowest BCUT2D eigenvalue weighted by atomic mass is 10.6. The number of allylic oxidation sites excluding steroid dienone is 1. The summed E-state index contributed by atoms with van der Waals surface area (Å²) in [6.45, 7) is 0. The van der Waals surface area contributed by atoms with Crippen LogP contribution in [-0.2, 0) is 13.6 Å². The largest absolute Gasteiger partial charge is 0.515 e. The van der Waals surface area contributed by atoms with Crippen molar-refractivity contribution in [1.82, 2.24) is 4.67 Å². The van der Waals surface area contributed by atoms with Crippen molar-refractivity contribution < 1.29 is 13.6 Å². The molecule has 0 aromatic heterocycles. The van der Waals surface area contributed by atoms with E-state index < -0.39 is 7.75 Å². The summed E-state index contributed by atoms with van der Waals surface area (Å²) in [5.74, 6) is 2.36. The first-order valence-electron chi connectivity index (χ1n) is 2.91. The molecule has 1 heterocycles. The summed E-state index contributed by atoms with van der Waals surface area (Å²) in [7, 11) is 0.0663. The lowest BCUT2D eigenvalue weighted by Gasteiger charge is -2.15. The third-order valence-corrected chi connectivity index (χ3v) is 2.92. The van der Waals surface area contributed by atoms with Gasteiger partial charge in [-0.2, -0.15) is 4.67 Å². The number of hydrogen-bond acceptors (Lipinski definition) is 3. The summed E-state index contributed by atoms with van der Waals surface area (Å²) in [5.41, 5.74) is 0. The molecule has 1 rings (SSSR count). The van der Waals surface area contributed by atoms with Gasteiger partial charge in [0.25, 0.3) is 0 Å². The Kier molecular flexibility index (Phi) is 1.95. The average molecular weight is 173 g/mol. The number of rotatable bonds is 1. The molecule has 0 spiro atoms. The summed E-state index contributed by atoms with van der Waals surface area (Å²) in [6.07, 6.45) is 6.17. The monoisotopic (exact) mass is 173 g/mol. The molecular formula is C6H8NO3P. The second-order valence-electron chi connectivity index (χ2n) is 2.14. The zero-order valence-electron chi connectivity index (χ0n) is 6.27. The molecule has 0 aromatic rings. The Morgan fingerprint density at radius 1 is 1.73 bits per heavy atom. The Labute approximate surface area is 65.4 Å². The van der Waals surface area contributed by atoms with Gasteiger partial charge in [0.05, 0.1) is 0 Å². The Balaban J connectivity index is 2.75. The normalized spacial score (nSPS) is 28.7. The smallest absolute Gasteiger partial charge is 0.408 e. The van der Waals surface area contributed by atoms with Crippen LogP contribution in [0.2, 0.25) is 0 Å². The number of terminal acetylenes is 1. The fraction of sp³-hybridized carbons (Fsp3) is 0.333. The van der Waals surface area contributed by atoms with Crippen molar-refractivity contribution in [2.75, 3.05) is 14.1 Å². The minimum Gasteiger partial charge on any atom is -0.408 e. The molecule has 0 aromatic carbocycles. The highest BCUT2D eigenvalue weighted by Crippen LogP contribution is 2.55. The van der Waals surface area contributed by atoms with Crippen LogP contribution in [0.5, 0.6) is 0 Å². The molecule has 0 N–H and O–H groups in total. The molecule has 11 heavy (non-hydrogen) atoms. The molecule has 4 nitrogen and oxygen atoms in total. The van der Waals surface area contributed by atoms with Crippen molar-refractivity contribution in [3.8, 4) is 12.3 Å². The van der Waals surface area contributed by atoms with Crippen LogP contribution in [0.1, 0.15) is 0 Å². The molecule has 1 aliphatic rings. The molecular weight excluding hydrogens is 165 g/mol. The van der Waals surface area contributed by atoms with E-state index in [9.17, 15) is 4.57 Å². The highest BCUT2D eigenvalue weighted by atomic mass is 31.2. The van der Waals surface area contributed by atoms with Gasteiger partial charge in [0, 0.05) is 0 Å². The molecule has 1 unspecified atom stereocenters. The van der Waals surface area contributed by atoms with E-state index in [4.69, 9.17) is 15.5 Å². The lowest BCUT2D eigenvalue weighted by molar-refractivity contribution is 0.307. The van der Waals surface area contributed by atoms with E-state index >= 15 is 0 Å². The van der Waals surface area contributed by atoms with Gasteiger partial charge in [-0.1, -0.05) is 0 Å². The summed E-state index contributed by atoms with van der Waals surface area (Å²) in [5, 5.41) is 0. The zero-order chi connectivity index (χ0) is 8.48.